The molecule has 0 radical (unpaired) electrons. The maximum absolute atomic E-state index is 12.1. The fourth-order valence-electron chi connectivity index (χ4n) is 2.36. The number of nitrogens with zero attached hydrogens (tertiary/aromatic N) is 3. The van der Waals surface area contributed by atoms with Gasteiger partial charge in [-0.05, 0) is 5.92 Å². The second-order valence-corrected chi connectivity index (χ2v) is 6.53. The van der Waals surface area contributed by atoms with Crippen molar-refractivity contribution in [1.82, 2.24) is 14.7 Å². The van der Waals surface area contributed by atoms with Gasteiger partial charge in [0.1, 0.15) is 0 Å². The molecular formula is C14H28N4OS. The van der Waals surface area contributed by atoms with Crippen LogP contribution in [0.15, 0.2) is 0 Å². The molecular weight excluding hydrogens is 272 g/mol. The first-order valence-corrected chi connectivity index (χ1v) is 7.76. The minimum absolute atomic E-state index is 0.151. The van der Waals surface area contributed by atoms with Gasteiger partial charge in [-0.2, -0.15) is 0 Å². The molecule has 1 aliphatic rings. The quantitative estimate of drug-likeness (QED) is 0.690. The van der Waals surface area contributed by atoms with Crippen LogP contribution in [-0.2, 0) is 4.79 Å². The van der Waals surface area contributed by atoms with Gasteiger partial charge >= 0.3 is 0 Å². The van der Waals surface area contributed by atoms with E-state index in [-0.39, 0.29) is 5.91 Å². The summed E-state index contributed by atoms with van der Waals surface area (Å²) in [6.45, 7) is 10.8. The summed E-state index contributed by atoms with van der Waals surface area (Å²) in [5.74, 6) is 0.855. The lowest BCUT2D eigenvalue weighted by molar-refractivity contribution is -0.131. The Hall–Kier alpha value is -0.720. The molecule has 1 aliphatic heterocycles. The summed E-state index contributed by atoms with van der Waals surface area (Å²) in [5.41, 5.74) is 5.46. The fourth-order valence-corrected chi connectivity index (χ4v) is 2.45. The number of thiocarbonyl (C=S) groups is 1. The molecule has 0 saturated carbocycles. The monoisotopic (exact) mass is 300 g/mol. The molecule has 2 N–H and O–H groups in total. The maximum atomic E-state index is 12.1. The Balaban J connectivity index is 2.25. The molecule has 6 heteroatoms. The van der Waals surface area contributed by atoms with E-state index in [1.54, 1.807) is 4.90 Å². The number of carbonyl (C=O) groups is 1. The Labute approximate surface area is 128 Å². The average molecular weight is 300 g/mol. The molecule has 0 bridgehead atoms. The number of piperazine rings is 1. The van der Waals surface area contributed by atoms with Crippen molar-refractivity contribution in [1.29, 1.82) is 0 Å². The maximum Gasteiger partial charge on any atom is 0.236 e. The summed E-state index contributed by atoms with van der Waals surface area (Å²) in [6.07, 6.45) is 0.597. The molecule has 116 valence electrons. The largest absolute Gasteiger partial charge is 0.393 e. The highest BCUT2D eigenvalue weighted by Crippen LogP contribution is 2.05. The lowest BCUT2D eigenvalue weighted by Crippen LogP contribution is -2.50. The second kappa shape index (κ2) is 8.54. The number of likely N-dealkylation sites (N-methyl/N-ethyl adjacent to an activating group) is 1. The van der Waals surface area contributed by atoms with Crippen molar-refractivity contribution in [3.8, 4) is 0 Å². The molecule has 1 heterocycles. The highest BCUT2D eigenvalue weighted by atomic mass is 32.1. The first-order chi connectivity index (χ1) is 9.38. The van der Waals surface area contributed by atoms with Crippen LogP contribution in [0.2, 0.25) is 0 Å². The minimum Gasteiger partial charge on any atom is -0.393 e. The van der Waals surface area contributed by atoms with Gasteiger partial charge < -0.3 is 15.5 Å². The van der Waals surface area contributed by atoms with Crippen LogP contribution in [0.3, 0.4) is 0 Å². The molecule has 5 nitrogen and oxygen atoms in total. The number of hydrogen-bond donors (Lipinski definition) is 1. The van der Waals surface area contributed by atoms with Crippen molar-refractivity contribution in [3.05, 3.63) is 0 Å². The van der Waals surface area contributed by atoms with Crippen LogP contribution in [0.5, 0.6) is 0 Å². The molecule has 0 atom stereocenters. The van der Waals surface area contributed by atoms with E-state index in [0.29, 0.717) is 30.4 Å². The smallest absolute Gasteiger partial charge is 0.236 e. The van der Waals surface area contributed by atoms with Gasteiger partial charge in [0.25, 0.3) is 0 Å². The first-order valence-electron chi connectivity index (χ1n) is 7.35. The van der Waals surface area contributed by atoms with Crippen LogP contribution in [0.4, 0.5) is 0 Å². The highest BCUT2D eigenvalue weighted by Gasteiger charge is 2.20. The lowest BCUT2D eigenvalue weighted by atomic mass is 10.2. The van der Waals surface area contributed by atoms with Gasteiger partial charge in [0.2, 0.25) is 5.91 Å². The highest BCUT2D eigenvalue weighted by molar-refractivity contribution is 7.80. The Bertz CT molecular complexity index is 327. The summed E-state index contributed by atoms with van der Waals surface area (Å²) >= 11 is 4.83. The lowest BCUT2D eigenvalue weighted by Gasteiger charge is -2.35. The summed E-state index contributed by atoms with van der Waals surface area (Å²) in [7, 11) is 1.82. The molecule has 0 unspecified atom stereocenters. The molecule has 1 amide bonds. The van der Waals surface area contributed by atoms with Crippen molar-refractivity contribution in [2.24, 2.45) is 11.7 Å². The molecule has 20 heavy (non-hydrogen) atoms. The Morgan fingerprint density at radius 2 is 1.80 bits per heavy atom. The van der Waals surface area contributed by atoms with E-state index in [4.69, 9.17) is 18.0 Å². The third kappa shape index (κ3) is 6.63. The van der Waals surface area contributed by atoms with Crippen LogP contribution in [-0.4, -0.2) is 78.5 Å². The summed E-state index contributed by atoms with van der Waals surface area (Å²) < 4.78 is 0. The fraction of sp³-hybridized carbons (Fsp3) is 0.857. The Morgan fingerprint density at radius 1 is 1.25 bits per heavy atom. The zero-order valence-corrected chi connectivity index (χ0v) is 13.8. The van der Waals surface area contributed by atoms with Crippen molar-refractivity contribution in [3.63, 3.8) is 0 Å². The third-order valence-electron chi connectivity index (χ3n) is 3.57. The van der Waals surface area contributed by atoms with Gasteiger partial charge in [0, 0.05) is 52.7 Å². The normalized spacial score (nSPS) is 17.4. The minimum atomic E-state index is 0.151. The van der Waals surface area contributed by atoms with E-state index in [0.717, 1.165) is 32.7 Å². The predicted molar refractivity (Wildman–Crippen MR) is 86.8 cm³/mol. The Morgan fingerprint density at radius 3 is 2.30 bits per heavy atom. The molecule has 0 aliphatic carbocycles. The number of hydrogen-bond acceptors (Lipinski definition) is 4. The first kappa shape index (κ1) is 17.3. The van der Waals surface area contributed by atoms with Gasteiger partial charge in [-0.1, -0.05) is 26.1 Å². The van der Waals surface area contributed by atoms with Crippen molar-refractivity contribution < 1.29 is 4.79 Å². The van der Waals surface area contributed by atoms with Gasteiger partial charge in [-0.25, -0.2) is 0 Å². The van der Waals surface area contributed by atoms with Crippen LogP contribution in [0.25, 0.3) is 0 Å². The van der Waals surface area contributed by atoms with Gasteiger partial charge in [-0.3, -0.25) is 9.69 Å². The van der Waals surface area contributed by atoms with E-state index in [1.807, 2.05) is 7.05 Å². The van der Waals surface area contributed by atoms with E-state index in [2.05, 4.69) is 23.6 Å². The zero-order valence-electron chi connectivity index (χ0n) is 13.0. The summed E-state index contributed by atoms with van der Waals surface area (Å²) in [5, 5.41) is 0. The molecule has 1 saturated heterocycles. The van der Waals surface area contributed by atoms with Crippen molar-refractivity contribution in [2.45, 2.75) is 20.3 Å². The van der Waals surface area contributed by atoms with E-state index < -0.39 is 0 Å². The second-order valence-electron chi connectivity index (χ2n) is 6.00. The molecule has 0 aromatic carbocycles. The number of amides is 1. The Kier molecular flexibility index (Phi) is 7.40. The molecule has 1 fully saturated rings. The average Bonchev–Trinajstić information content (AvgIpc) is 2.37. The van der Waals surface area contributed by atoms with Gasteiger partial charge in [0.05, 0.1) is 11.5 Å². The van der Waals surface area contributed by atoms with Crippen LogP contribution in [0, 0.1) is 5.92 Å². The number of nitrogens with two attached hydrogens (primary N) is 1. The third-order valence-corrected chi connectivity index (χ3v) is 3.77. The van der Waals surface area contributed by atoms with Crippen LogP contribution < -0.4 is 5.73 Å². The summed E-state index contributed by atoms with van der Waals surface area (Å²) in [4.78, 5) is 19.0. The SMILES string of the molecule is CC(C)CN1CCN(CC(=O)N(C)CCC(N)=S)CC1. The summed E-state index contributed by atoms with van der Waals surface area (Å²) in [6, 6.07) is 0. The van der Waals surface area contributed by atoms with E-state index in [1.165, 1.54) is 0 Å². The molecule has 1 rings (SSSR count). The van der Waals surface area contributed by atoms with E-state index in [9.17, 15) is 4.79 Å². The zero-order chi connectivity index (χ0) is 15.1. The predicted octanol–water partition coefficient (Wildman–Crippen LogP) is 0.395. The number of rotatable bonds is 7. The number of carbonyl (C=O) groups excluding carboxylic acids is 1. The molecule has 0 aromatic rings. The van der Waals surface area contributed by atoms with Crippen LogP contribution in [0.1, 0.15) is 20.3 Å². The van der Waals surface area contributed by atoms with E-state index >= 15 is 0 Å². The van der Waals surface area contributed by atoms with Crippen molar-refractivity contribution >= 4 is 23.1 Å². The van der Waals surface area contributed by atoms with Gasteiger partial charge in [-0.15, -0.1) is 0 Å². The standard InChI is InChI=1S/C14H28N4OS/c1-12(2)10-17-6-8-18(9-7-17)11-14(19)16(3)5-4-13(15)20/h12H,4-11H2,1-3H3,(H2,15,20). The van der Waals surface area contributed by atoms with Crippen molar-refractivity contribution in [2.75, 3.05) is 52.9 Å². The molecule has 0 spiro atoms. The van der Waals surface area contributed by atoms with Crippen LogP contribution >= 0.6 is 12.2 Å². The van der Waals surface area contributed by atoms with Gasteiger partial charge in [0.15, 0.2) is 0 Å². The molecule has 0 aromatic heterocycles. The topological polar surface area (TPSA) is 52.8 Å².